The van der Waals surface area contributed by atoms with Gasteiger partial charge in [-0.3, -0.25) is 4.90 Å². The highest BCUT2D eigenvalue weighted by Gasteiger charge is 2.65. The molecular formula is C18H24N2. The number of benzene rings is 1. The number of fused-ring (bicyclic) bond motifs is 2. The van der Waals surface area contributed by atoms with Crippen molar-refractivity contribution in [2.75, 3.05) is 13.1 Å². The molecule has 106 valence electrons. The monoisotopic (exact) mass is 268 g/mol. The fourth-order valence-corrected chi connectivity index (χ4v) is 4.82. The minimum Gasteiger partial charge on any atom is -0.361 e. The third kappa shape index (κ3) is 1.61. The number of nitrogens with zero attached hydrogens (tertiary/aromatic N) is 1. The van der Waals surface area contributed by atoms with E-state index in [9.17, 15) is 0 Å². The first kappa shape index (κ1) is 12.5. The zero-order valence-corrected chi connectivity index (χ0v) is 12.5. The number of nitrogens with one attached hydrogen (secondary N) is 1. The van der Waals surface area contributed by atoms with Crippen molar-refractivity contribution in [3.8, 4) is 0 Å². The van der Waals surface area contributed by atoms with Gasteiger partial charge >= 0.3 is 0 Å². The third-order valence-corrected chi connectivity index (χ3v) is 6.04. The molecule has 4 rings (SSSR count). The SMILES string of the molecule is CC[C@H]1[C@@H]2CCN(CCc3c[nH]c4ccccc34)[C@]12C. The highest BCUT2D eigenvalue weighted by molar-refractivity contribution is 5.83. The first-order valence-electron chi connectivity index (χ1n) is 8.05. The van der Waals surface area contributed by atoms with Crippen molar-refractivity contribution in [2.45, 2.75) is 38.6 Å². The summed E-state index contributed by atoms with van der Waals surface area (Å²) in [5.74, 6) is 1.94. The molecule has 1 aromatic carbocycles. The Morgan fingerprint density at radius 2 is 2.20 bits per heavy atom. The molecule has 2 heteroatoms. The van der Waals surface area contributed by atoms with Crippen molar-refractivity contribution in [2.24, 2.45) is 11.8 Å². The Kier molecular flexibility index (Phi) is 2.71. The molecule has 20 heavy (non-hydrogen) atoms. The fraction of sp³-hybridized carbons (Fsp3) is 0.556. The summed E-state index contributed by atoms with van der Waals surface area (Å²) < 4.78 is 0. The standard InChI is InChI=1S/C18H24N2/c1-3-15-16-9-11-20(18(15,16)2)10-8-13-12-19-17-7-5-4-6-14(13)17/h4-7,12,15-16,19H,3,8-11H2,1-2H3/t15-,16-,18+/m0/s1. The molecule has 3 atom stereocenters. The van der Waals surface area contributed by atoms with Gasteiger partial charge in [0, 0.05) is 29.2 Å². The van der Waals surface area contributed by atoms with E-state index in [1.807, 2.05) is 0 Å². The van der Waals surface area contributed by atoms with Gasteiger partial charge in [0.2, 0.25) is 0 Å². The molecule has 1 N–H and O–H groups in total. The highest BCUT2D eigenvalue weighted by atomic mass is 15.3. The lowest BCUT2D eigenvalue weighted by Gasteiger charge is -2.27. The summed E-state index contributed by atoms with van der Waals surface area (Å²) in [7, 11) is 0. The lowest BCUT2D eigenvalue weighted by Crippen LogP contribution is -2.36. The topological polar surface area (TPSA) is 19.0 Å². The molecule has 1 saturated heterocycles. The molecule has 0 spiro atoms. The Balaban J connectivity index is 1.49. The summed E-state index contributed by atoms with van der Waals surface area (Å²) >= 11 is 0. The van der Waals surface area contributed by atoms with Crippen LogP contribution in [0.2, 0.25) is 0 Å². The van der Waals surface area contributed by atoms with E-state index in [1.165, 1.54) is 48.8 Å². The molecule has 1 aliphatic carbocycles. The third-order valence-electron chi connectivity index (χ3n) is 6.04. The summed E-state index contributed by atoms with van der Waals surface area (Å²) in [6, 6.07) is 8.65. The van der Waals surface area contributed by atoms with Gasteiger partial charge in [0.25, 0.3) is 0 Å². The average molecular weight is 268 g/mol. The summed E-state index contributed by atoms with van der Waals surface area (Å²) in [4.78, 5) is 6.15. The van der Waals surface area contributed by atoms with Crippen LogP contribution in [-0.2, 0) is 6.42 Å². The molecule has 1 aliphatic heterocycles. The fourth-order valence-electron chi connectivity index (χ4n) is 4.82. The number of hydrogen-bond acceptors (Lipinski definition) is 1. The Hall–Kier alpha value is -1.28. The van der Waals surface area contributed by atoms with Crippen LogP contribution in [0.4, 0.5) is 0 Å². The van der Waals surface area contributed by atoms with Crippen LogP contribution in [0.3, 0.4) is 0 Å². The lowest BCUT2D eigenvalue weighted by atomic mass is 10.1. The molecule has 2 fully saturated rings. The molecule has 1 saturated carbocycles. The lowest BCUT2D eigenvalue weighted by molar-refractivity contribution is 0.205. The van der Waals surface area contributed by atoms with E-state index in [4.69, 9.17) is 0 Å². The molecule has 0 unspecified atom stereocenters. The van der Waals surface area contributed by atoms with Gasteiger partial charge in [-0.05, 0) is 49.8 Å². The van der Waals surface area contributed by atoms with Crippen LogP contribution in [0.5, 0.6) is 0 Å². The number of piperidine rings is 1. The zero-order valence-electron chi connectivity index (χ0n) is 12.5. The van der Waals surface area contributed by atoms with E-state index >= 15 is 0 Å². The predicted molar refractivity (Wildman–Crippen MR) is 83.9 cm³/mol. The van der Waals surface area contributed by atoms with Crippen LogP contribution in [0, 0.1) is 11.8 Å². The zero-order chi connectivity index (χ0) is 13.7. The van der Waals surface area contributed by atoms with Crippen molar-refractivity contribution in [3.63, 3.8) is 0 Å². The van der Waals surface area contributed by atoms with Crippen LogP contribution >= 0.6 is 0 Å². The van der Waals surface area contributed by atoms with E-state index in [1.54, 1.807) is 0 Å². The Bertz CT molecular complexity index is 623. The number of H-pyrrole nitrogens is 1. The van der Waals surface area contributed by atoms with Crippen molar-refractivity contribution >= 4 is 10.9 Å². The summed E-state index contributed by atoms with van der Waals surface area (Å²) in [6.45, 7) is 7.37. The largest absolute Gasteiger partial charge is 0.361 e. The second-order valence-corrected chi connectivity index (χ2v) is 6.73. The van der Waals surface area contributed by atoms with Gasteiger partial charge in [0.15, 0.2) is 0 Å². The summed E-state index contributed by atoms with van der Waals surface area (Å²) in [5.41, 5.74) is 3.27. The van der Waals surface area contributed by atoms with Gasteiger partial charge < -0.3 is 4.98 Å². The molecule has 2 aromatic rings. The van der Waals surface area contributed by atoms with Gasteiger partial charge in [-0.25, -0.2) is 0 Å². The predicted octanol–water partition coefficient (Wildman–Crippen LogP) is 3.83. The molecule has 0 bridgehead atoms. The van der Waals surface area contributed by atoms with E-state index in [0.29, 0.717) is 5.54 Å². The van der Waals surface area contributed by atoms with Crippen LogP contribution in [0.25, 0.3) is 10.9 Å². The van der Waals surface area contributed by atoms with Gasteiger partial charge in [-0.15, -0.1) is 0 Å². The molecule has 2 aliphatic rings. The number of hydrogen-bond donors (Lipinski definition) is 1. The number of para-hydroxylation sites is 1. The molecular weight excluding hydrogens is 244 g/mol. The summed E-state index contributed by atoms with van der Waals surface area (Å²) in [6.07, 6.45) is 6.14. The quantitative estimate of drug-likeness (QED) is 0.893. The van der Waals surface area contributed by atoms with Gasteiger partial charge in [-0.1, -0.05) is 31.5 Å². The maximum Gasteiger partial charge on any atom is 0.0456 e. The van der Waals surface area contributed by atoms with Crippen LogP contribution in [0.1, 0.15) is 32.3 Å². The van der Waals surface area contributed by atoms with E-state index in [-0.39, 0.29) is 0 Å². The Labute approximate surface area is 121 Å². The van der Waals surface area contributed by atoms with Crippen LogP contribution < -0.4 is 0 Å². The maximum atomic E-state index is 3.40. The van der Waals surface area contributed by atoms with E-state index in [0.717, 1.165) is 11.8 Å². The van der Waals surface area contributed by atoms with Crippen molar-refractivity contribution in [1.29, 1.82) is 0 Å². The average Bonchev–Trinajstić information content (AvgIpc) is 2.77. The number of rotatable bonds is 4. The molecule has 2 heterocycles. The van der Waals surface area contributed by atoms with Crippen molar-refractivity contribution in [3.05, 3.63) is 36.0 Å². The van der Waals surface area contributed by atoms with Crippen LogP contribution in [0.15, 0.2) is 30.5 Å². The molecule has 2 nitrogen and oxygen atoms in total. The van der Waals surface area contributed by atoms with Crippen LogP contribution in [-0.4, -0.2) is 28.5 Å². The number of aromatic nitrogens is 1. The minimum absolute atomic E-state index is 0.529. The number of aromatic amines is 1. The van der Waals surface area contributed by atoms with Gasteiger partial charge in [0.1, 0.15) is 0 Å². The van der Waals surface area contributed by atoms with Crippen molar-refractivity contribution in [1.82, 2.24) is 9.88 Å². The molecule has 1 aromatic heterocycles. The smallest absolute Gasteiger partial charge is 0.0456 e. The maximum absolute atomic E-state index is 3.40. The first-order valence-corrected chi connectivity index (χ1v) is 8.05. The molecule has 0 amide bonds. The highest BCUT2D eigenvalue weighted by Crippen LogP contribution is 2.61. The van der Waals surface area contributed by atoms with Crippen molar-refractivity contribution < 1.29 is 0 Å². The first-order chi connectivity index (χ1) is 9.75. The van der Waals surface area contributed by atoms with E-state index < -0.39 is 0 Å². The van der Waals surface area contributed by atoms with Gasteiger partial charge in [-0.2, -0.15) is 0 Å². The second-order valence-electron chi connectivity index (χ2n) is 6.73. The summed E-state index contributed by atoms with van der Waals surface area (Å²) in [5, 5.41) is 1.40. The minimum atomic E-state index is 0.529. The number of likely N-dealkylation sites (tertiary alicyclic amines) is 1. The normalized spacial score (nSPS) is 32.7. The molecule has 0 radical (unpaired) electrons. The Morgan fingerprint density at radius 3 is 3.00 bits per heavy atom. The van der Waals surface area contributed by atoms with E-state index in [2.05, 4.69) is 54.2 Å². The second kappa shape index (κ2) is 4.36. The van der Waals surface area contributed by atoms with Gasteiger partial charge in [0.05, 0.1) is 0 Å². The Morgan fingerprint density at radius 1 is 1.35 bits per heavy atom.